The van der Waals surface area contributed by atoms with Crippen LogP contribution < -0.4 is 10.6 Å². The van der Waals surface area contributed by atoms with E-state index in [4.69, 9.17) is 0 Å². The molecule has 0 aliphatic heterocycles. The fourth-order valence-corrected chi connectivity index (χ4v) is 2.47. The molecule has 7 heteroatoms. The van der Waals surface area contributed by atoms with E-state index in [1.165, 1.54) is 17.8 Å². The van der Waals surface area contributed by atoms with Gasteiger partial charge in [0.05, 0.1) is 11.6 Å². The van der Waals surface area contributed by atoms with Gasteiger partial charge in [0.25, 0.3) is 0 Å². The van der Waals surface area contributed by atoms with Crippen molar-refractivity contribution in [2.45, 2.75) is 25.5 Å². The SMILES string of the molecule is CSCC(C)(O)CNC(=O)NC(C)c1ccc(F)c(F)c1. The van der Waals surface area contributed by atoms with Crippen molar-refractivity contribution in [3.8, 4) is 0 Å². The fourth-order valence-electron chi connectivity index (χ4n) is 1.75. The number of carbonyl (C=O) groups is 1. The lowest BCUT2D eigenvalue weighted by Gasteiger charge is -2.23. The summed E-state index contributed by atoms with van der Waals surface area (Å²) in [5.41, 5.74) is -0.540. The molecule has 0 spiro atoms. The van der Waals surface area contributed by atoms with Crippen molar-refractivity contribution in [1.29, 1.82) is 0 Å². The van der Waals surface area contributed by atoms with E-state index in [1.54, 1.807) is 13.8 Å². The van der Waals surface area contributed by atoms with Crippen LogP contribution in [0.3, 0.4) is 0 Å². The van der Waals surface area contributed by atoms with Crippen LogP contribution in [-0.4, -0.2) is 35.3 Å². The molecule has 0 aliphatic carbocycles. The second-order valence-electron chi connectivity index (χ2n) is 5.15. The van der Waals surface area contributed by atoms with E-state index in [9.17, 15) is 18.7 Å². The molecule has 2 amide bonds. The van der Waals surface area contributed by atoms with Gasteiger partial charge < -0.3 is 15.7 Å². The van der Waals surface area contributed by atoms with E-state index in [0.29, 0.717) is 11.3 Å². The molecule has 0 aliphatic rings. The van der Waals surface area contributed by atoms with Crippen molar-refractivity contribution >= 4 is 17.8 Å². The number of halogens is 2. The van der Waals surface area contributed by atoms with Crippen LogP contribution in [0.1, 0.15) is 25.5 Å². The Kier molecular flexibility index (Phi) is 6.42. The van der Waals surface area contributed by atoms with E-state index in [0.717, 1.165) is 12.1 Å². The van der Waals surface area contributed by atoms with Crippen molar-refractivity contribution in [3.63, 3.8) is 0 Å². The van der Waals surface area contributed by atoms with Crippen molar-refractivity contribution in [2.75, 3.05) is 18.6 Å². The zero-order valence-corrected chi connectivity index (χ0v) is 13.1. The number of thioether (sulfide) groups is 1. The number of urea groups is 1. The molecule has 1 rings (SSSR count). The largest absolute Gasteiger partial charge is 0.387 e. The van der Waals surface area contributed by atoms with Crippen LogP contribution in [0.4, 0.5) is 13.6 Å². The molecule has 2 unspecified atom stereocenters. The number of nitrogens with one attached hydrogen (secondary N) is 2. The Labute approximate surface area is 127 Å². The molecule has 0 aromatic heterocycles. The number of benzene rings is 1. The van der Waals surface area contributed by atoms with Gasteiger partial charge in [-0.3, -0.25) is 0 Å². The Morgan fingerprint density at radius 3 is 2.67 bits per heavy atom. The van der Waals surface area contributed by atoms with E-state index in [1.807, 2.05) is 6.26 Å². The molecule has 0 saturated carbocycles. The highest BCUT2D eigenvalue weighted by Crippen LogP contribution is 2.16. The van der Waals surface area contributed by atoms with Crippen molar-refractivity contribution < 1.29 is 18.7 Å². The Bertz CT molecular complexity index is 498. The highest BCUT2D eigenvalue weighted by Gasteiger charge is 2.21. The number of amides is 2. The summed E-state index contributed by atoms with van der Waals surface area (Å²) < 4.78 is 26.0. The molecule has 1 aromatic rings. The van der Waals surface area contributed by atoms with Crippen LogP contribution in [0.2, 0.25) is 0 Å². The summed E-state index contributed by atoms with van der Waals surface area (Å²) in [5, 5.41) is 15.1. The van der Waals surface area contributed by atoms with Crippen molar-refractivity contribution in [1.82, 2.24) is 10.6 Å². The maximum atomic E-state index is 13.1. The number of hydrogen-bond acceptors (Lipinski definition) is 3. The van der Waals surface area contributed by atoms with Crippen LogP contribution in [-0.2, 0) is 0 Å². The van der Waals surface area contributed by atoms with Gasteiger partial charge >= 0.3 is 6.03 Å². The molecule has 0 radical (unpaired) electrons. The van der Waals surface area contributed by atoms with Crippen LogP contribution in [0.5, 0.6) is 0 Å². The normalized spacial score (nSPS) is 15.1. The first-order chi connectivity index (χ1) is 9.75. The van der Waals surface area contributed by atoms with Crippen molar-refractivity contribution in [3.05, 3.63) is 35.4 Å². The highest BCUT2D eigenvalue weighted by molar-refractivity contribution is 7.98. The lowest BCUT2D eigenvalue weighted by atomic mass is 10.1. The number of hydrogen-bond donors (Lipinski definition) is 3. The lowest BCUT2D eigenvalue weighted by Crippen LogP contribution is -2.46. The highest BCUT2D eigenvalue weighted by atomic mass is 32.2. The molecular weight excluding hydrogens is 298 g/mol. The molecule has 118 valence electrons. The molecule has 4 nitrogen and oxygen atoms in total. The van der Waals surface area contributed by atoms with Gasteiger partial charge in [-0.1, -0.05) is 6.07 Å². The molecule has 1 aromatic carbocycles. The predicted molar refractivity (Wildman–Crippen MR) is 80.3 cm³/mol. The summed E-state index contributed by atoms with van der Waals surface area (Å²) >= 11 is 1.48. The van der Waals surface area contributed by atoms with E-state index < -0.39 is 29.3 Å². The molecule has 3 N–H and O–H groups in total. The standard InChI is InChI=1S/C14H20F2N2O2S/c1-9(10-4-5-11(15)12(16)6-10)18-13(19)17-7-14(2,20)8-21-3/h4-6,9,20H,7-8H2,1-3H3,(H2,17,18,19). The summed E-state index contributed by atoms with van der Waals surface area (Å²) in [7, 11) is 0. The third-order valence-electron chi connectivity index (χ3n) is 2.88. The maximum absolute atomic E-state index is 13.1. The van der Waals surface area contributed by atoms with E-state index >= 15 is 0 Å². The topological polar surface area (TPSA) is 61.4 Å². The maximum Gasteiger partial charge on any atom is 0.315 e. The second-order valence-corrected chi connectivity index (χ2v) is 6.02. The molecule has 0 saturated heterocycles. The first-order valence-electron chi connectivity index (χ1n) is 6.46. The van der Waals surface area contributed by atoms with Crippen LogP contribution in [0.25, 0.3) is 0 Å². The van der Waals surface area contributed by atoms with Gasteiger partial charge in [-0.25, -0.2) is 13.6 Å². The monoisotopic (exact) mass is 318 g/mol. The lowest BCUT2D eigenvalue weighted by molar-refractivity contribution is 0.0868. The summed E-state index contributed by atoms with van der Waals surface area (Å²) in [4.78, 5) is 11.7. The number of carbonyl (C=O) groups excluding carboxylic acids is 1. The van der Waals surface area contributed by atoms with Gasteiger partial charge in [0.1, 0.15) is 0 Å². The summed E-state index contributed by atoms with van der Waals surface area (Å²) in [5.74, 6) is -1.39. The van der Waals surface area contributed by atoms with Gasteiger partial charge in [0.2, 0.25) is 0 Å². The smallest absolute Gasteiger partial charge is 0.315 e. The zero-order valence-electron chi connectivity index (χ0n) is 12.2. The van der Waals surface area contributed by atoms with E-state index in [2.05, 4.69) is 10.6 Å². The molecule has 21 heavy (non-hydrogen) atoms. The minimum atomic E-state index is -0.998. The Morgan fingerprint density at radius 2 is 2.10 bits per heavy atom. The molecule has 0 bridgehead atoms. The first kappa shape index (κ1) is 17.7. The first-order valence-corrected chi connectivity index (χ1v) is 7.85. The zero-order chi connectivity index (χ0) is 16.0. The quantitative estimate of drug-likeness (QED) is 0.755. The van der Waals surface area contributed by atoms with E-state index in [-0.39, 0.29) is 6.54 Å². The Balaban J connectivity index is 2.52. The van der Waals surface area contributed by atoms with Gasteiger partial charge in [0.15, 0.2) is 11.6 Å². The predicted octanol–water partition coefficient (Wildman–Crippen LogP) is 2.44. The summed E-state index contributed by atoms with van der Waals surface area (Å²) in [6.07, 6.45) is 1.86. The molecule has 0 fully saturated rings. The second kappa shape index (κ2) is 7.61. The van der Waals surface area contributed by atoms with Crippen LogP contribution >= 0.6 is 11.8 Å². The van der Waals surface area contributed by atoms with Crippen molar-refractivity contribution in [2.24, 2.45) is 0 Å². The average Bonchev–Trinajstić information content (AvgIpc) is 2.39. The van der Waals surface area contributed by atoms with Gasteiger partial charge in [-0.05, 0) is 37.8 Å². The van der Waals surface area contributed by atoms with Crippen LogP contribution in [0.15, 0.2) is 18.2 Å². The summed E-state index contributed by atoms with van der Waals surface area (Å²) in [6.45, 7) is 3.39. The minimum Gasteiger partial charge on any atom is -0.387 e. The minimum absolute atomic E-state index is 0.101. The average molecular weight is 318 g/mol. The van der Waals surface area contributed by atoms with Gasteiger partial charge in [0, 0.05) is 12.3 Å². The Hall–Kier alpha value is -1.34. The van der Waals surface area contributed by atoms with Gasteiger partial charge in [-0.2, -0.15) is 11.8 Å². The third kappa shape index (κ3) is 5.89. The number of aliphatic hydroxyl groups is 1. The Morgan fingerprint density at radius 1 is 1.43 bits per heavy atom. The number of rotatable bonds is 6. The van der Waals surface area contributed by atoms with Gasteiger partial charge in [-0.15, -0.1) is 0 Å². The van der Waals surface area contributed by atoms with Crippen LogP contribution in [0, 0.1) is 11.6 Å². The summed E-state index contributed by atoms with van der Waals surface area (Å²) in [6, 6.07) is 2.51. The molecule has 2 atom stereocenters. The molecule has 0 heterocycles. The fraction of sp³-hybridized carbons (Fsp3) is 0.500. The molecular formula is C14H20F2N2O2S. The third-order valence-corrected chi connectivity index (χ3v) is 3.79.